The summed E-state index contributed by atoms with van der Waals surface area (Å²) in [6.45, 7) is 1.31. The molecule has 1 aromatic carbocycles. The molecule has 0 fully saturated rings. The fourth-order valence-electron chi connectivity index (χ4n) is 2.36. The number of aromatic amines is 1. The number of benzene rings is 1. The number of fused-ring (bicyclic) bond motifs is 2. The highest BCUT2D eigenvalue weighted by Gasteiger charge is 2.38. The summed E-state index contributed by atoms with van der Waals surface area (Å²) in [7, 11) is 0. The lowest BCUT2D eigenvalue weighted by molar-refractivity contribution is -0.173. The first-order valence-corrected chi connectivity index (χ1v) is 6.80. The van der Waals surface area contributed by atoms with Gasteiger partial charge in [0, 0.05) is 18.6 Å². The topological polar surface area (TPSA) is 108 Å². The Bertz CT molecular complexity index is 895. The van der Waals surface area contributed by atoms with E-state index in [1.807, 2.05) is 0 Å². The number of aromatic nitrogens is 4. The van der Waals surface area contributed by atoms with E-state index in [0.717, 1.165) is 0 Å². The fourth-order valence-corrected chi connectivity index (χ4v) is 2.36. The Morgan fingerprint density at radius 1 is 1.35 bits per heavy atom. The highest BCUT2D eigenvalue weighted by atomic mass is 19.2. The van der Waals surface area contributed by atoms with Gasteiger partial charge in [0.15, 0.2) is 22.8 Å². The molecule has 1 aliphatic rings. The molecule has 0 saturated carbocycles. The second kappa shape index (κ2) is 4.70. The van der Waals surface area contributed by atoms with Crippen LogP contribution >= 0.6 is 0 Å². The van der Waals surface area contributed by atoms with E-state index in [1.165, 1.54) is 6.92 Å². The van der Waals surface area contributed by atoms with E-state index in [2.05, 4.69) is 20.4 Å². The quantitative estimate of drug-likeness (QED) is 0.759. The number of hydrogen-bond donors (Lipinski definition) is 2. The largest absolute Gasteiger partial charge is 0.486 e. The summed E-state index contributed by atoms with van der Waals surface area (Å²) in [6.07, 6.45) is 0. The number of pyridine rings is 1. The van der Waals surface area contributed by atoms with Crippen LogP contribution in [0.15, 0.2) is 24.3 Å². The molecule has 23 heavy (non-hydrogen) atoms. The van der Waals surface area contributed by atoms with Gasteiger partial charge >= 0.3 is 6.04 Å². The van der Waals surface area contributed by atoms with E-state index in [4.69, 9.17) is 19.9 Å². The van der Waals surface area contributed by atoms with Crippen molar-refractivity contribution in [3.05, 3.63) is 29.8 Å². The Labute approximate surface area is 129 Å². The maximum atomic E-state index is 13.8. The molecule has 8 nitrogen and oxygen atoms in total. The van der Waals surface area contributed by atoms with Gasteiger partial charge in [0.25, 0.3) is 0 Å². The summed E-state index contributed by atoms with van der Waals surface area (Å²) in [5.74, 6) is 1.32. The van der Waals surface area contributed by atoms with Gasteiger partial charge in [-0.2, -0.15) is 14.7 Å². The first kappa shape index (κ1) is 13.6. The number of alkyl halides is 1. The van der Waals surface area contributed by atoms with Gasteiger partial charge in [-0.25, -0.2) is 4.98 Å². The number of para-hydroxylation sites is 1. The van der Waals surface area contributed by atoms with Gasteiger partial charge in [0.1, 0.15) is 12.4 Å². The normalized spacial score (nSPS) is 19.2. The number of nitrogens with zero attached hydrogens (tertiary/aromatic N) is 3. The van der Waals surface area contributed by atoms with Crippen molar-refractivity contribution in [1.29, 1.82) is 0 Å². The van der Waals surface area contributed by atoms with Crippen molar-refractivity contribution >= 4 is 17.0 Å². The van der Waals surface area contributed by atoms with Crippen LogP contribution in [0, 0.1) is 0 Å². The van der Waals surface area contributed by atoms with Crippen molar-refractivity contribution in [2.45, 2.75) is 19.6 Å². The van der Waals surface area contributed by atoms with Crippen LogP contribution in [-0.2, 0) is 6.61 Å². The number of nitrogens with two attached hydrogens (primary N) is 1. The van der Waals surface area contributed by atoms with Crippen molar-refractivity contribution in [2.24, 2.45) is 0 Å². The molecule has 0 spiro atoms. The van der Waals surface area contributed by atoms with Gasteiger partial charge in [0.2, 0.25) is 5.65 Å². The van der Waals surface area contributed by atoms with E-state index in [9.17, 15) is 4.39 Å². The molecule has 0 saturated heterocycles. The van der Waals surface area contributed by atoms with Crippen LogP contribution < -0.4 is 19.9 Å². The van der Waals surface area contributed by atoms with Gasteiger partial charge in [-0.05, 0) is 6.07 Å². The number of rotatable bonds is 3. The van der Waals surface area contributed by atoms with Gasteiger partial charge in [0.05, 0.1) is 0 Å². The number of nitrogens with one attached hydrogen (secondary N) is 1. The maximum Gasteiger partial charge on any atom is 0.404 e. The molecule has 4 rings (SSSR count). The van der Waals surface area contributed by atoms with Crippen molar-refractivity contribution in [2.75, 3.05) is 5.73 Å². The molecule has 0 aliphatic carbocycles. The molecular weight excluding hydrogens is 305 g/mol. The van der Waals surface area contributed by atoms with Crippen molar-refractivity contribution in [3.63, 3.8) is 0 Å². The third-order valence-corrected chi connectivity index (χ3v) is 3.30. The number of anilines is 1. The average molecular weight is 317 g/mol. The smallest absolute Gasteiger partial charge is 0.404 e. The van der Waals surface area contributed by atoms with Crippen LogP contribution in [0.4, 0.5) is 10.2 Å². The molecule has 118 valence electrons. The molecule has 3 aromatic rings. The van der Waals surface area contributed by atoms with Crippen LogP contribution in [0.25, 0.3) is 11.2 Å². The SMILES string of the molecule is CC1(F)Oc2cccc(COc3cc(N)nc4n[nH]nc34)c2O1. The van der Waals surface area contributed by atoms with Crippen LogP contribution in [0.1, 0.15) is 12.5 Å². The zero-order valence-electron chi connectivity index (χ0n) is 12.0. The Balaban J connectivity index is 1.63. The average Bonchev–Trinajstić information content (AvgIpc) is 3.06. The van der Waals surface area contributed by atoms with E-state index in [0.29, 0.717) is 34.0 Å². The first-order valence-electron chi connectivity index (χ1n) is 6.80. The molecule has 0 bridgehead atoms. The maximum absolute atomic E-state index is 13.8. The standard InChI is InChI=1S/C14H12FN5O3/c1-14(15)22-8-4-2-3-7(12(8)23-14)6-21-9-5-10(16)17-13-11(9)18-20-19-13/h2-5H,6H2,1H3,(H3,16,17,18,19,20). The van der Waals surface area contributed by atoms with E-state index >= 15 is 0 Å². The van der Waals surface area contributed by atoms with Crippen LogP contribution in [-0.4, -0.2) is 26.4 Å². The lowest BCUT2D eigenvalue weighted by Crippen LogP contribution is -2.28. The molecule has 3 heterocycles. The van der Waals surface area contributed by atoms with E-state index in [1.54, 1.807) is 24.3 Å². The summed E-state index contributed by atoms with van der Waals surface area (Å²) in [4.78, 5) is 4.03. The predicted octanol–water partition coefficient (Wildman–Crippen LogP) is 1.93. The highest BCUT2D eigenvalue weighted by Crippen LogP contribution is 2.42. The summed E-state index contributed by atoms with van der Waals surface area (Å²) in [5.41, 5.74) is 7.16. The van der Waals surface area contributed by atoms with E-state index in [-0.39, 0.29) is 12.4 Å². The van der Waals surface area contributed by atoms with Crippen molar-refractivity contribution < 1.29 is 18.6 Å². The Kier molecular flexibility index (Phi) is 2.77. The summed E-state index contributed by atoms with van der Waals surface area (Å²) < 4.78 is 29.8. The van der Waals surface area contributed by atoms with Crippen LogP contribution in [0.5, 0.6) is 17.2 Å². The summed E-state index contributed by atoms with van der Waals surface area (Å²) in [5, 5.41) is 10.3. The van der Waals surface area contributed by atoms with E-state index < -0.39 is 6.04 Å². The number of ether oxygens (including phenoxy) is 3. The molecule has 0 radical (unpaired) electrons. The molecule has 1 atom stereocenters. The Morgan fingerprint density at radius 3 is 3.09 bits per heavy atom. The highest BCUT2D eigenvalue weighted by molar-refractivity contribution is 5.78. The number of hydrogen-bond acceptors (Lipinski definition) is 7. The zero-order valence-corrected chi connectivity index (χ0v) is 12.0. The Morgan fingerprint density at radius 2 is 2.22 bits per heavy atom. The zero-order chi connectivity index (χ0) is 16.0. The lowest BCUT2D eigenvalue weighted by atomic mass is 10.2. The van der Waals surface area contributed by atoms with Gasteiger partial charge in [-0.1, -0.05) is 12.1 Å². The fraction of sp³-hybridized carbons (Fsp3) is 0.214. The number of H-pyrrole nitrogens is 1. The molecule has 2 aromatic heterocycles. The predicted molar refractivity (Wildman–Crippen MR) is 77.6 cm³/mol. The van der Waals surface area contributed by atoms with Crippen molar-refractivity contribution in [3.8, 4) is 17.2 Å². The molecule has 1 unspecified atom stereocenters. The van der Waals surface area contributed by atoms with Gasteiger partial charge in [-0.15, -0.1) is 5.10 Å². The molecular formula is C14H12FN5O3. The third-order valence-electron chi connectivity index (χ3n) is 3.30. The van der Waals surface area contributed by atoms with Crippen molar-refractivity contribution in [1.82, 2.24) is 20.4 Å². The lowest BCUT2D eigenvalue weighted by Gasteiger charge is -2.12. The minimum atomic E-state index is -2.18. The second-order valence-corrected chi connectivity index (χ2v) is 5.11. The molecule has 9 heteroatoms. The van der Waals surface area contributed by atoms with Gasteiger partial charge in [-0.3, -0.25) is 0 Å². The number of halogens is 1. The Hall–Kier alpha value is -3.10. The summed E-state index contributed by atoms with van der Waals surface area (Å²) in [6, 6.07) is 4.48. The number of nitrogen functional groups attached to an aromatic ring is 1. The minimum Gasteiger partial charge on any atom is -0.486 e. The molecule has 3 N–H and O–H groups in total. The molecule has 0 amide bonds. The molecule has 1 aliphatic heterocycles. The van der Waals surface area contributed by atoms with Gasteiger partial charge < -0.3 is 19.9 Å². The first-order chi connectivity index (χ1) is 11.0. The van der Waals surface area contributed by atoms with Crippen LogP contribution in [0.3, 0.4) is 0 Å². The third kappa shape index (κ3) is 2.35. The minimum absolute atomic E-state index is 0.119. The summed E-state index contributed by atoms with van der Waals surface area (Å²) >= 11 is 0. The second-order valence-electron chi connectivity index (χ2n) is 5.11. The monoisotopic (exact) mass is 317 g/mol. The van der Waals surface area contributed by atoms with Crippen LogP contribution in [0.2, 0.25) is 0 Å².